The molecule has 3 heterocycles. The summed E-state index contributed by atoms with van der Waals surface area (Å²) in [5.74, 6) is 0.723. The molecule has 0 atom stereocenters. The molecule has 0 amide bonds. The summed E-state index contributed by atoms with van der Waals surface area (Å²) in [5.41, 5.74) is 2.33. The van der Waals surface area contributed by atoms with E-state index in [2.05, 4.69) is 25.6 Å². The first kappa shape index (κ1) is 11.9. The number of rotatable bonds is 3. The molecule has 96 valence electrons. The van der Waals surface area contributed by atoms with Crippen molar-refractivity contribution in [3.63, 3.8) is 0 Å². The quantitative estimate of drug-likeness (QED) is 0.792. The van der Waals surface area contributed by atoms with Crippen LogP contribution in [0.5, 0.6) is 0 Å². The van der Waals surface area contributed by atoms with Crippen LogP contribution in [0.15, 0.2) is 30.6 Å². The molecule has 3 aromatic heterocycles. The lowest BCUT2D eigenvalue weighted by molar-refractivity contribution is 0.828. The molecular formula is C12H11ClN6. The Balaban J connectivity index is 1.84. The number of nitrogens with one attached hydrogen (secondary N) is 1. The molecule has 6 nitrogen and oxygen atoms in total. The van der Waals surface area contributed by atoms with Crippen molar-refractivity contribution in [2.45, 2.75) is 13.5 Å². The second-order valence-corrected chi connectivity index (χ2v) is 4.40. The van der Waals surface area contributed by atoms with Gasteiger partial charge in [-0.1, -0.05) is 11.6 Å². The summed E-state index contributed by atoms with van der Waals surface area (Å²) in [6.45, 7) is 2.35. The molecule has 0 aliphatic carbocycles. The number of anilines is 1. The number of aryl methyl sites for hydroxylation is 1. The Morgan fingerprint density at radius 1 is 1.26 bits per heavy atom. The average Bonchev–Trinajstić information content (AvgIpc) is 2.84. The molecule has 7 heteroatoms. The van der Waals surface area contributed by atoms with Gasteiger partial charge in [0.15, 0.2) is 11.5 Å². The normalized spacial score (nSPS) is 10.8. The first-order valence-electron chi connectivity index (χ1n) is 5.76. The molecule has 0 fully saturated rings. The van der Waals surface area contributed by atoms with E-state index < -0.39 is 0 Å². The van der Waals surface area contributed by atoms with Gasteiger partial charge < -0.3 is 5.32 Å². The van der Waals surface area contributed by atoms with Crippen LogP contribution in [0.2, 0.25) is 5.02 Å². The van der Waals surface area contributed by atoms with Crippen molar-refractivity contribution in [3.05, 3.63) is 47.1 Å². The first-order chi connectivity index (χ1) is 9.25. The fourth-order valence-electron chi connectivity index (χ4n) is 1.76. The maximum Gasteiger partial charge on any atom is 0.177 e. The van der Waals surface area contributed by atoms with Gasteiger partial charge in [-0.15, -0.1) is 10.2 Å². The first-order valence-corrected chi connectivity index (χ1v) is 6.14. The van der Waals surface area contributed by atoms with Crippen LogP contribution in [-0.4, -0.2) is 24.8 Å². The van der Waals surface area contributed by atoms with E-state index in [1.807, 2.05) is 25.1 Å². The van der Waals surface area contributed by atoms with Gasteiger partial charge in [0.2, 0.25) is 0 Å². The zero-order chi connectivity index (χ0) is 13.2. The number of pyridine rings is 1. The fraction of sp³-hybridized carbons (Fsp3) is 0.167. The number of hydrogen-bond donors (Lipinski definition) is 1. The van der Waals surface area contributed by atoms with E-state index >= 15 is 0 Å². The van der Waals surface area contributed by atoms with Gasteiger partial charge in [-0.2, -0.15) is 9.61 Å². The predicted octanol–water partition coefficient (Wildman–Crippen LogP) is 2.09. The minimum absolute atomic E-state index is 0.487. The van der Waals surface area contributed by atoms with E-state index in [9.17, 15) is 0 Å². The number of halogens is 1. The topological polar surface area (TPSA) is 68.0 Å². The van der Waals surface area contributed by atoms with Crippen molar-refractivity contribution in [2.24, 2.45) is 0 Å². The lowest BCUT2D eigenvalue weighted by Gasteiger charge is -2.08. The highest BCUT2D eigenvalue weighted by molar-refractivity contribution is 6.33. The Labute approximate surface area is 114 Å². The summed E-state index contributed by atoms with van der Waals surface area (Å²) in [4.78, 5) is 4.12. The molecule has 0 radical (unpaired) electrons. The van der Waals surface area contributed by atoms with Crippen molar-refractivity contribution in [3.8, 4) is 0 Å². The maximum absolute atomic E-state index is 6.17. The van der Waals surface area contributed by atoms with Crippen LogP contribution in [0.1, 0.15) is 11.5 Å². The summed E-state index contributed by atoms with van der Waals surface area (Å²) >= 11 is 6.17. The Morgan fingerprint density at radius 3 is 3.05 bits per heavy atom. The molecular weight excluding hydrogens is 264 g/mol. The van der Waals surface area contributed by atoms with E-state index in [4.69, 9.17) is 11.6 Å². The van der Waals surface area contributed by atoms with Gasteiger partial charge in [-0.3, -0.25) is 4.98 Å². The lowest BCUT2D eigenvalue weighted by atomic mass is 10.3. The largest absolute Gasteiger partial charge is 0.376 e. The Bertz CT molecular complexity index is 723. The molecule has 19 heavy (non-hydrogen) atoms. The van der Waals surface area contributed by atoms with Gasteiger partial charge >= 0.3 is 0 Å². The van der Waals surface area contributed by atoms with E-state index in [1.165, 1.54) is 0 Å². The van der Waals surface area contributed by atoms with Crippen LogP contribution in [0.3, 0.4) is 0 Å². The molecule has 0 spiro atoms. The summed E-state index contributed by atoms with van der Waals surface area (Å²) in [6, 6.07) is 5.50. The molecule has 0 saturated heterocycles. The van der Waals surface area contributed by atoms with E-state index in [0.717, 1.165) is 22.9 Å². The smallest absolute Gasteiger partial charge is 0.177 e. The minimum Gasteiger partial charge on any atom is -0.376 e. The second kappa shape index (κ2) is 4.81. The van der Waals surface area contributed by atoms with Crippen molar-refractivity contribution < 1.29 is 0 Å². The van der Waals surface area contributed by atoms with Crippen LogP contribution in [0, 0.1) is 6.92 Å². The molecule has 1 N–H and O–H groups in total. The Morgan fingerprint density at radius 2 is 2.16 bits per heavy atom. The molecule has 0 aliphatic heterocycles. The Hall–Kier alpha value is -2.21. The van der Waals surface area contributed by atoms with Crippen LogP contribution in [0.25, 0.3) is 5.65 Å². The third-order valence-electron chi connectivity index (χ3n) is 2.74. The van der Waals surface area contributed by atoms with Crippen molar-refractivity contribution in [1.82, 2.24) is 24.8 Å². The summed E-state index contributed by atoms with van der Waals surface area (Å²) in [6.07, 6.45) is 3.41. The zero-order valence-corrected chi connectivity index (χ0v) is 11.0. The van der Waals surface area contributed by atoms with Crippen molar-refractivity contribution in [2.75, 3.05) is 5.32 Å². The van der Waals surface area contributed by atoms with Crippen LogP contribution < -0.4 is 5.32 Å². The predicted molar refractivity (Wildman–Crippen MR) is 72.1 cm³/mol. The molecule has 3 aromatic rings. The van der Waals surface area contributed by atoms with Gasteiger partial charge in [0.1, 0.15) is 0 Å². The SMILES string of the molecule is Cc1nccc(NCc2nnc3cccnn23)c1Cl. The highest BCUT2D eigenvalue weighted by Crippen LogP contribution is 2.23. The molecule has 0 aliphatic rings. The number of aromatic nitrogens is 5. The maximum atomic E-state index is 6.17. The standard InChI is InChI=1S/C12H11ClN6/c1-8-12(13)9(4-6-14-8)15-7-11-18-17-10-3-2-5-16-19(10)11/h2-6H,7H2,1H3,(H,14,15). The fourth-order valence-corrected chi connectivity index (χ4v) is 1.94. The molecule has 0 aromatic carbocycles. The number of hydrogen-bond acceptors (Lipinski definition) is 5. The van der Waals surface area contributed by atoms with Crippen molar-refractivity contribution >= 4 is 22.9 Å². The van der Waals surface area contributed by atoms with Gasteiger partial charge in [-0.05, 0) is 25.1 Å². The van der Waals surface area contributed by atoms with Gasteiger partial charge in [0.05, 0.1) is 22.9 Å². The minimum atomic E-state index is 0.487. The average molecular weight is 275 g/mol. The molecule has 0 unspecified atom stereocenters. The summed E-state index contributed by atoms with van der Waals surface area (Å²) < 4.78 is 1.69. The number of fused-ring (bicyclic) bond motifs is 1. The van der Waals surface area contributed by atoms with E-state index in [0.29, 0.717) is 11.6 Å². The highest BCUT2D eigenvalue weighted by atomic mass is 35.5. The van der Waals surface area contributed by atoms with Crippen LogP contribution in [-0.2, 0) is 6.54 Å². The van der Waals surface area contributed by atoms with Gasteiger partial charge in [0, 0.05) is 12.4 Å². The van der Waals surface area contributed by atoms with E-state index in [1.54, 1.807) is 16.9 Å². The second-order valence-electron chi connectivity index (χ2n) is 4.02. The zero-order valence-electron chi connectivity index (χ0n) is 10.2. The third-order valence-corrected chi connectivity index (χ3v) is 3.22. The van der Waals surface area contributed by atoms with Gasteiger partial charge in [-0.25, -0.2) is 0 Å². The lowest BCUT2D eigenvalue weighted by Crippen LogP contribution is -2.06. The summed E-state index contributed by atoms with van der Waals surface area (Å²) in [5, 5.41) is 16.2. The monoisotopic (exact) mass is 274 g/mol. The number of nitrogens with zero attached hydrogens (tertiary/aromatic N) is 5. The highest BCUT2D eigenvalue weighted by Gasteiger charge is 2.07. The molecule has 0 bridgehead atoms. The summed E-state index contributed by atoms with van der Waals surface area (Å²) in [7, 11) is 0. The van der Waals surface area contributed by atoms with Gasteiger partial charge in [0.25, 0.3) is 0 Å². The Kier molecular flexibility index (Phi) is 3.00. The molecule has 0 saturated carbocycles. The third kappa shape index (κ3) is 2.22. The van der Waals surface area contributed by atoms with E-state index in [-0.39, 0.29) is 0 Å². The molecule has 3 rings (SSSR count). The van der Waals surface area contributed by atoms with Crippen LogP contribution >= 0.6 is 11.6 Å². The van der Waals surface area contributed by atoms with Crippen LogP contribution in [0.4, 0.5) is 5.69 Å². The van der Waals surface area contributed by atoms with Crippen molar-refractivity contribution in [1.29, 1.82) is 0 Å².